The predicted molar refractivity (Wildman–Crippen MR) is 55.9 cm³/mol. The van der Waals surface area contributed by atoms with Crippen LogP contribution in [-0.2, 0) is 0 Å². The number of hydrogen-bond acceptors (Lipinski definition) is 3. The molecule has 2 aromatic rings. The largest absolute Gasteiger partial charge is 0.268 e. The zero-order valence-electron chi connectivity index (χ0n) is 6.45. The SMILES string of the molecule is O=c1ccc(-c2sccc2Br)n[nH]1. The van der Waals surface area contributed by atoms with Gasteiger partial charge in [0, 0.05) is 10.5 Å². The van der Waals surface area contributed by atoms with Gasteiger partial charge in [-0.3, -0.25) is 4.79 Å². The average Bonchev–Trinajstić information content (AvgIpc) is 2.53. The fourth-order valence-electron chi connectivity index (χ4n) is 0.947. The Balaban J connectivity index is 2.53. The van der Waals surface area contributed by atoms with E-state index in [1.807, 2.05) is 11.4 Å². The normalized spacial score (nSPS) is 10.2. The molecule has 0 aromatic carbocycles. The van der Waals surface area contributed by atoms with Crippen molar-refractivity contribution in [3.8, 4) is 10.6 Å². The molecule has 2 heterocycles. The summed E-state index contributed by atoms with van der Waals surface area (Å²) in [5, 5.41) is 8.28. The molecule has 0 fully saturated rings. The Labute approximate surface area is 86.6 Å². The maximum Gasteiger partial charge on any atom is 0.264 e. The molecule has 0 aliphatic rings. The topological polar surface area (TPSA) is 45.8 Å². The van der Waals surface area contributed by atoms with Crippen LogP contribution in [0.3, 0.4) is 0 Å². The van der Waals surface area contributed by atoms with Crippen molar-refractivity contribution in [2.45, 2.75) is 0 Å². The van der Waals surface area contributed by atoms with E-state index in [4.69, 9.17) is 0 Å². The maximum atomic E-state index is 10.7. The molecule has 0 bridgehead atoms. The summed E-state index contributed by atoms with van der Waals surface area (Å²) in [4.78, 5) is 11.8. The lowest BCUT2D eigenvalue weighted by atomic mass is 10.3. The summed E-state index contributed by atoms with van der Waals surface area (Å²) < 4.78 is 0.997. The lowest BCUT2D eigenvalue weighted by Gasteiger charge is -1.94. The van der Waals surface area contributed by atoms with Crippen LogP contribution in [0.25, 0.3) is 10.6 Å². The molecule has 0 radical (unpaired) electrons. The van der Waals surface area contributed by atoms with Crippen LogP contribution in [0.15, 0.2) is 32.8 Å². The summed E-state index contributed by atoms with van der Waals surface area (Å²) in [6.07, 6.45) is 0. The van der Waals surface area contributed by atoms with Gasteiger partial charge in [0.1, 0.15) is 5.69 Å². The van der Waals surface area contributed by atoms with Crippen LogP contribution in [0.2, 0.25) is 0 Å². The van der Waals surface area contributed by atoms with E-state index in [1.54, 1.807) is 17.4 Å². The van der Waals surface area contributed by atoms with Crippen molar-refractivity contribution in [1.29, 1.82) is 0 Å². The lowest BCUT2D eigenvalue weighted by Crippen LogP contribution is -2.05. The van der Waals surface area contributed by atoms with E-state index in [0.717, 1.165) is 15.0 Å². The molecule has 0 amide bonds. The van der Waals surface area contributed by atoms with E-state index >= 15 is 0 Å². The first-order valence-corrected chi connectivity index (χ1v) is 5.24. The fourth-order valence-corrected chi connectivity index (χ4v) is 2.49. The molecule has 0 spiro atoms. The first-order valence-electron chi connectivity index (χ1n) is 3.56. The van der Waals surface area contributed by atoms with Crippen molar-refractivity contribution in [2.24, 2.45) is 0 Å². The summed E-state index contributed by atoms with van der Waals surface area (Å²) in [6, 6.07) is 5.12. The molecule has 1 N–H and O–H groups in total. The molecule has 66 valence electrons. The number of halogens is 1. The summed E-state index contributed by atoms with van der Waals surface area (Å²) in [5.74, 6) is 0. The quantitative estimate of drug-likeness (QED) is 0.851. The summed E-state index contributed by atoms with van der Waals surface area (Å²) in [7, 11) is 0. The van der Waals surface area contributed by atoms with E-state index in [2.05, 4.69) is 26.1 Å². The highest BCUT2D eigenvalue weighted by atomic mass is 79.9. The Bertz CT molecular complexity index is 456. The highest BCUT2D eigenvalue weighted by Crippen LogP contribution is 2.31. The van der Waals surface area contributed by atoms with Crippen LogP contribution >= 0.6 is 27.3 Å². The van der Waals surface area contributed by atoms with Crippen molar-refractivity contribution in [1.82, 2.24) is 10.2 Å². The molecular formula is C8H5BrN2OS. The molecule has 13 heavy (non-hydrogen) atoms. The van der Waals surface area contributed by atoms with Crippen LogP contribution in [0.5, 0.6) is 0 Å². The molecule has 0 saturated carbocycles. The van der Waals surface area contributed by atoms with Crippen molar-refractivity contribution in [3.63, 3.8) is 0 Å². The molecule has 0 aliphatic carbocycles. The predicted octanol–water partition coefficient (Wildman–Crippen LogP) is 2.26. The van der Waals surface area contributed by atoms with E-state index in [9.17, 15) is 4.79 Å². The Hall–Kier alpha value is -0.940. The van der Waals surface area contributed by atoms with E-state index in [-0.39, 0.29) is 5.56 Å². The molecular weight excluding hydrogens is 252 g/mol. The van der Waals surface area contributed by atoms with Gasteiger partial charge in [0.2, 0.25) is 0 Å². The number of hydrogen-bond donors (Lipinski definition) is 1. The van der Waals surface area contributed by atoms with Crippen molar-refractivity contribution in [3.05, 3.63) is 38.4 Å². The van der Waals surface area contributed by atoms with Crippen LogP contribution < -0.4 is 5.56 Å². The highest BCUT2D eigenvalue weighted by Gasteiger charge is 2.04. The summed E-state index contributed by atoms with van der Waals surface area (Å²) in [5.41, 5.74) is 0.595. The molecule has 0 atom stereocenters. The fraction of sp³-hybridized carbons (Fsp3) is 0. The van der Waals surface area contributed by atoms with Crippen molar-refractivity contribution < 1.29 is 0 Å². The van der Waals surface area contributed by atoms with Crippen molar-refractivity contribution >= 4 is 27.3 Å². The van der Waals surface area contributed by atoms with E-state index in [0.29, 0.717) is 0 Å². The highest BCUT2D eigenvalue weighted by molar-refractivity contribution is 9.10. The minimum absolute atomic E-state index is 0.184. The molecule has 3 nitrogen and oxygen atoms in total. The first-order chi connectivity index (χ1) is 6.27. The summed E-state index contributed by atoms with van der Waals surface area (Å²) >= 11 is 4.98. The zero-order valence-corrected chi connectivity index (χ0v) is 8.85. The van der Waals surface area contributed by atoms with Gasteiger partial charge in [-0.15, -0.1) is 11.3 Å². The molecule has 0 aliphatic heterocycles. The third-order valence-corrected chi connectivity index (χ3v) is 3.39. The summed E-state index contributed by atoms with van der Waals surface area (Å²) in [6.45, 7) is 0. The van der Waals surface area contributed by atoms with Gasteiger partial charge in [-0.1, -0.05) is 0 Å². The molecule has 5 heteroatoms. The van der Waals surface area contributed by atoms with Crippen molar-refractivity contribution in [2.75, 3.05) is 0 Å². The number of thiophene rings is 1. The smallest absolute Gasteiger partial charge is 0.264 e. The lowest BCUT2D eigenvalue weighted by molar-refractivity contribution is 0.997. The Morgan fingerprint density at radius 3 is 2.77 bits per heavy atom. The number of rotatable bonds is 1. The van der Waals surface area contributed by atoms with E-state index in [1.165, 1.54) is 6.07 Å². The minimum atomic E-state index is -0.184. The van der Waals surface area contributed by atoms with Gasteiger partial charge >= 0.3 is 0 Å². The van der Waals surface area contributed by atoms with Gasteiger partial charge in [-0.05, 0) is 33.4 Å². The number of nitrogens with zero attached hydrogens (tertiary/aromatic N) is 1. The Kier molecular flexibility index (Phi) is 2.28. The number of H-pyrrole nitrogens is 1. The first kappa shape index (κ1) is 8.65. The Morgan fingerprint density at radius 2 is 2.23 bits per heavy atom. The second-order valence-corrected chi connectivity index (χ2v) is 4.17. The molecule has 0 saturated heterocycles. The van der Waals surface area contributed by atoms with Gasteiger partial charge in [0.25, 0.3) is 5.56 Å². The van der Waals surface area contributed by atoms with Gasteiger partial charge in [-0.25, -0.2) is 5.10 Å². The minimum Gasteiger partial charge on any atom is -0.268 e. The van der Waals surface area contributed by atoms with Crippen LogP contribution in [0.1, 0.15) is 0 Å². The van der Waals surface area contributed by atoms with E-state index < -0.39 is 0 Å². The third-order valence-electron chi connectivity index (χ3n) is 1.53. The number of nitrogens with one attached hydrogen (secondary N) is 1. The monoisotopic (exact) mass is 256 g/mol. The zero-order chi connectivity index (χ0) is 9.26. The van der Waals surface area contributed by atoms with Crippen LogP contribution in [0, 0.1) is 0 Å². The number of aromatic nitrogens is 2. The molecule has 0 unspecified atom stereocenters. The van der Waals surface area contributed by atoms with Gasteiger partial charge < -0.3 is 0 Å². The second kappa shape index (κ2) is 3.43. The second-order valence-electron chi connectivity index (χ2n) is 2.40. The van der Waals surface area contributed by atoms with Gasteiger partial charge in [0.15, 0.2) is 0 Å². The number of aromatic amines is 1. The van der Waals surface area contributed by atoms with Gasteiger partial charge in [-0.2, -0.15) is 5.10 Å². The third kappa shape index (κ3) is 1.71. The molecule has 2 rings (SSSR count). The standard InChI is InChI=1S/C8H5BrN2OS/c9-5-3-4-13-8(5)6-1-2-7(12)11-10-6/h1-4H,(H,11,12). The van der Waals surface area contributed by atoms with Crippen LogP contribution in [0.4, 0.5) is 0 Å². The molecule has 2 aromatic heterocycles. The average molecular weight is 257 g/mol. The van der Waals surface area contributed by atoms with Crippen LogP contribution in [-0.4, -0.2) is 10.2 Å². The Morgan fingerprint density at radius 1 is 1.38 bits per heavy atom. The van der Waals surface area contributed by atoms with Gasteiger partial charge in [0.05, 0.1) is 4.88 Å². The maximum absolute atomic E-state index is 10.7.